The summed E-state index contributed by atoms with van der Waals surface area (Å²) in [6.07, 6.45) is 0.529. The van der Waals surface area contributed by atoms with Gasteiger partial charge in [-0.1, -0.05) is 22.9 Å². The predicted molar refractivity (Wildman–Crippen MR) is 73.3 cm³/mol. The van der Waals surface area contributed by atoms with Gasteiger partial charge in [0.15, 0.2) is 0 Å². The highest BCUT2D eigenvalue weighted by Gasteiger charge is 2.21. The molecular formula is C10H13Br2NO3S. The Kier molecular flexibility index (Phi) is 5.59. The Hall–Kier alpha value is 0.0500. The SMILES string of the molecule is CCC(CO)NS(=O)(=O)c1cc(Br)ccc1Br. The number of nitrogens with one attached hydrogen (secondary N) is 1. The second kappa shape index (κ2) is 6.29. The average molecular weight is 387 g/mol. The molecule has 1 atom stereocenters. The summed E-state index contributed by atoms with van der Waals surface area (Å²) in [6, 6.07) is 4.44. The van der Waals surface area contributed by atoms with E-state index in [-0.39, 0.29) is 11.5 Å². The van der Waals surface area contributed by atoms with Crippen molar-refractivity contribution in [2.45, 2.75) is 24.3 Å². The zero-order chi connectivity index (χ0) is 13.1. The monoisotopic (exact) mass is 385 g/mol. The van der Waals surface area contributed by atoms with Crippen molar-refractivity contribution >= 4 is 41.9 Å². The number of aliphatic hydroxyl groups excluding tert-OH is 1. The maximum atomic E-state index is 12.1. The normalized spacial score (nSPS) is 13.6. The maximum Gasteiger partial charge on any atom is 0.242 e. The van der Waals surface area contributed by atoms with Crippen molar-refractivity contribution in [3.8, 4) is 0 Å². The van der Waals surface area contributed by atoms with Gasteiger partial charge in [-0.25, -0.2) is 13.1 Å². The molecule has 0 spiro atoms. The third kappa shape index (κ3) is 4.03. The van der Waals surface area contributed by atoms with Gasteiger partial charge in [-0.05, 0) is 40.5 Å². The topological polar surface area (TPSA) is 66.4 Å². The molecule has 0 aliphatic heterocycles. The Morgan fingerprint density at radius 1 is 1.41 bits per heavy atom. The van der Waals surface area contributed by atoms with Crippen LogP contribution in [0.4, 0.5) is 0 Å². The van der Waals surface area contributed by atoms with Crippen molar-refractivity contribution in [2.75, 3.05) is 6.61 Å². The van der Waals surface area contributed by atoms with Crippen LogP contribution in [-0.4, -0.2) is 26.2 Å². The van der Waals surface area contributed by atoms with E-state index < -0.39 is 16.1 Å². The van der Waals surface area contributed by atoms with E-state index >= 15 is 0 Å². The molecule has 0 saturated carbocycles. The molecule has 1 unspecified atom stereocenters. The van der Waals surface area contributed by atoms with E-state index in [1.165, 1.54) is 6.07 Å². The molecule has 0 saturated heterocycles. The molecule has 1 rings (SSSR count). The van der Waals surface area contributed by atoms with Crippen LogP contribution in [0.25, 0.3) is 0 Å². The van der Waals surface area contributed by atoms with Crippen LogP contribution < -0.4 is 4.72 Å². The highest BCUT2D eigenvalue weighted by atomic mass is 79.9. The van der Waals surface area contributed by atoms with Crippen LogP contribution in [0.1, 0.15) is 13.3 Å². The van der Waals surface area contributed by atoms with E-state index in [4.69, 9.17) is 5.11 Å². The lowest BCUT2D eigenvalue weighted by Gasteiger charge is -2.15. The van der Waals surface area contributed by atoms with Crippen molar-refractivity contribution in [2.24, 2.45) is 0 Å². The first-order valence-corrected chi connectivity index (χ1v) is 8.06. The van der Waals surface area contributed by atoms with Crippen molar-refractivity contribution in [3.05, 3.63) is 27.1 Å². The molecule has 7 heteroatoms. The van der Waals surface area contributed by atoms with E-state index in [9.17, 15) is 8.42 Å². The lowest BCUT2D eigenvalue weighted by molar-refractivity contribution is 0.254. The molecule has 0 aromatic heterocycles. The number of aliphatic hydroxyl groups is 1. The summed E-state index contributed by atoms with van der Waals surface area (Å²) in [4.78, 5) is 0.152. The highest BCUT2D eigenvalue weighted by molar-refractivity contribution is 9.11. The van der Waals surface area contributed by atoms with Gasteiger partial charge in [-0.15, -0.1) is 0 Å². The summed E-state index contributed by atoms with van der Waals surface area (Å²) in [5.41, 5.74) is 0. The molecule has 0 radical (unpaired) electrons. The van der Waals surface area contributed by atoms with Crippen LogP contribution in [0.5, 0.6) is 0 Å². The molecule has 2 N–H and O–H groups in total. The molecule has 0 aliphatic rings. The highest BCUT2D eigenvalue weighted by Crippen LogP contribution is 2.25. The second-order valence-electron chi connectivity index (χ2n) is 3.48. The molecule has 1 aromatic rings. The van der Waals surface area contributed by atoms with Gasteiger partial charge < -0.3 is 5.11 Å². The Labute approximate surface area is 118 Å². The Morgan fingerprint density at radius 2 is 2.06 bits per heavy atom. The van der Waals surface area contributed by atoms with Crippen LogP contribution in [0, 0.1) is 0 Å². The standard InChI is InChI=1S/C10H13Br2NO3S/c1-2-8(6-14)13-17(15,16)10-5-7(11)3-4-9(10)12/h3-5,8,13-14H,2,6H2,1H3. The van der Waals surface area contributed by atoms with Crippen molar-refractivity contribution < 1.29 is 13.5 Å². The first-order chi connectivity index (χ1) is 7.90. The Balaban J connectivity index is 3.09. The lowest BCUT2D eigenvalue weighted by Crippen LogP contribution is -2.37. The number of benzene rings is 1. The van der Waals surface area contributed by atoms with Gasteiger partial charge >= 0.3 is 0 Å². The van der Waals surface area contributed by atoms with Gasteiger partial charge in [0.25, 0.3) is 0 Å². The van der Waals surface area contributed by atoms with E-state index in [1.807, 2.05) is 0 Å². The lowest BCUT2D eigenvalue weighted by atomic mass is 10.3. The molecule has 0 aliphatic carbocycles. The van der Waals surface area contributed by atoms with Crippen molar-refractivity contribution in [1.82, 2.24) is 4.72 Å². The molecule has 0 fully saturated rings. The minimum Gasteiger partial charge on any atom is -0.395 e. The molecule has 1 aromatic carbocycles. The van der Waals surface area contributed by atoms with Crippen LogP contribution in [0.3, 0.4) is 0 Å². The van der Waals surface area contributed by atoms with Crippen LogP contribution in [0.2, 0.25) is 0 Å². The third-order valence-corrected chi connectivity index (χ3v) is 5.23. The fourth-order valence-corrected chi connectivity index (χ4v) is 4.03. The van der Waals surface area contributed by atoms with Gasteiger partial charge in [0.2, 0.25) is 10.0 Å². The minimum atomic E-state index is -3.62. The van der Waals surface area contributed by atoms with Crippen molar-refractivity contribution in [3.63, 3.8) is 0 Å². The van der Waals surface area contributed by atoms with E-state index in [0.717, 1.165) is 0 Å². The molecule has 0 heterocycles. The molecule has 0 bridgehead atoms. The summed E-state index contributed by atoms with van der Waals surface area (Å²) >= 11 is 6.42. The minimum absolute atomic E-state index is 0.152. The zero-order valence-electron chi connectivity index (χ0n) is 9.15. The fourth-order valence-electron chi connectivity index (χ4n) is 1.22. The molecular weight excluding hydrogens is 374 g/mol. The second-order valence-corrected chi connectivity index (χ2v) is 6.94. The Bertz CT molecular complexity index is 486. The Morgan fingerprint density at radius 3 is 2.59 bits per heavy atom. The third-order valence-electron chi connectivity index (χ3n) is 2.22. The van der Waals surface area contributed by atoms with Crippen LogP contribution in [0.15, 0.2) is 32.0 Å². The maximum absolute atomic E-state index is 12.1. The molecule has 17 heavy (non-hydrogen) atoms. The summed E-state index contributed by atoms with van der Waals surface area (Å²) in [5, 5.41) is 9.01. The number of halogens is 2. The molecule has 4 nitrogen and oxygen atoms in total. The molecule has 0 amide bonds. The zero-order valence-corrected chi connectivity index (χ0v) is 13.1. The first kappa shape index (κ1) is 15.1. The number of hydrogen-bond donors (Lipinski definition) is 2. The predicted octanol–water partition coefficient (Wildman–Crippen LogP) is 2.26. The number of hydrogen-bond acceptors (Lipinski definition) is 3. The quantitative estimate of drug-likeness (QED) is 0.815. The summed E-state index contributed by atoms with van der Waals surface area (Å²) in [7, 11) is -3.62. The van der Waals surface area contributed by atoms with Gasteiger partial charge in [0.05, 0.1) is 11.5 Å². The van der Waals surface area contributed by atoms with Crippen LogP contribution in [-0.2, 0) is 10.0 Å². The number of rotatable bonds is 5. The van der Waals surface area contributed by atoms with Crippen LogP contribution >= 0.6 is 31.9 Å². The van der Waals surface area contributed by atoms with Gasteiger partial charge in [0, 0.05) is 15.0 Å². The largest absolute Gasteiger partial charge is 0.395 e. The average Bonchev–Trinajstić information content (AvgIpc) is 2.29. The van der Waals surface area contributed by atoms with E-state index in [1.54, 1.807) is 19.1 Å². The summed E-state index contributed by atoms with van der Waals surface area (Å²) in [6.45, 7) is 1.58. The van der Waals surface area contributed by atoms with E-state index in [0.29, 0.717) is 15.4 Å². The van der Waals surface area contributed by atoms with E-state index in [2.05, 4.69) is 36.6 Å². The number of sulfonamides is 1. The summed E-state index contributed by atoms with van der Waals surface area (Å²) in [5.74, 6) is 0. The first-order valence-electron chi connectivity index (χ1n) is 4.99. The molecule has 96 valence electrons. The van der Waals surface area contributed by atoms with Gasteiger partial charge in [-0.2, -0.15) is 0 Å². The smallest absolute Gasteiger partial charge is 0.242 e. The van der Waals surface area contributed by atoms with Gasteiger partial charge in [0.1, 0.15) is 0 Å². The van der Waals surface area contributed by atoms with Crippen molar-refractivity contribution in [1.29, 1.82) is 0 Å². The summed E-state index contributed by atoms with van der Waals surface area (Å²) < 4.78 is 27.7. The fraction of sp³-hybridized carbons (Fsp3) is 0.400. The van der Waals surface area contributed by atoms with Gasteiger partial charge in [-0.3, -0.25) is 0 Å².